The molecule has 0 spiro atoms. The molecule has 0 radical (unpaired) electrons. The first-order valence-electron chi connectivity index (χ1n) is 15.7. The van der Waals surface area contributed by atoms with Crippen molar-refractivity contribution in [3.63, 3.8) is 0 Å². The molecule has 2 fully saturated rings. The van der Waals surface area contributed by atoms with Gasteiger partial charge in [0.1, 0.15) is 17.4 Å². The number of likely N-dealkylation sites (tertiary alicyclic amines) is 1. The van der Waals surface area contributed by atoms with Crippen LogP contribution in [0.1, 0.15) is 77.8 Å². The van der Waals surface area contributed by atoms with Crippen molar-refractivity contribution < 1.29 is 32.7 Å². The third-order valence-corrected chi connectivity index (χ3v) is 9.78. The van der Waals surface area contributed by atoms with Gasteiger partial charge < -0.3 is 15.7 Å². The quantitative estimate of drug-likeness (QED) is 0.172. The average Bonchev–Trinajstić information content (AvgIpc) is 3.46. The summed E-state index contributed by atoms with van der Waals surface area (Å²) in [7, 11) is 0. The van der Waals surface area contributed by atoms with Crippen LogP contribution in [0.5, 0.6) is 0 Å². The van der Waals surface area contributed by atoms with Gasteiger partial charge >= 0.3 is 6.18 Å². The van der Waals surface area contributed by atoms with E-state index >= 15 is 0 Å². The van der Waals surface area contributed by atoms with Crippen molar-refractivity contribution in [1.29, 1.82) is 0 Å². The molecule has 14 heteroatoms. The Morgan fingerprint density at radius 3 is 2.44 bits per heavy atom. The van der Waals surface area contributed by atoms with Gasteiger partial charge in [-0.05, 0) is 88.2 Å². The first kappa shape index (κ1) is 33.5. The maximum atomic E-state index is 13.2. The number of benzene rings is 2. The molecule has 4 heterocycles. The molecule has 1 unspecified atom stereocenters. The zero-order chi connectivity index (χ0) is 34.2. The summed E-state index contributed by atoms with van der Waals surface area (Å²) in [6.07, 6.45) is -2.10. The van der Waals surface area contributed by atoms with Gasteiger partial charge in [0.25, 0.3) is 5.91 Å². The van der Waals surface area contributed by atoms with Crippen LogP contribution in [0.25, 0.3) is 10.2 Å². The second-order valence-corrected chi connectivity index (χ2v) is 13.8. The molecular formula is C34H35F3N6O4S. The predicted molar refractivity (Wildman–Crippen MR) is 176 cm³/mol. The molecule has 4 aromatic rings. The van der Waals surface area contributed by atoms with E-state index in [1.807, 2.05) is 24.3 Å². The average molecular weight is 681 g/mol. The van der Waals surface area contributed by atoms with Gasteiger partial charge in [-0.15, -0.1) is 11.3 Å². The summed E-state index contributed by atoms with van der Waals surface area (Å²) in [5.41, 5.74) is 0.402. The molecule has 3 amide bonds. The van der Waals surface area contributed by atoms with Crippen LogP contribution in [0, 0.1) is 0 Å². The van der Waals surface area contributed by atoms with E-state index in [0.717, 1.165) is 65.6 Å². The van der Waals surface area contributed by atoms with Crippen molar-refractivity contribution >= 4 is 50.6 Å². The molecule has 1 atom stereocenters. The number of carbonyl (C=O) groups is 3. The first-order chi connectivity index (χ1) is 22.7. The van der Waals surface area contributed by atoms with Crippen molar-refractivity contribution in [2.24, 2.45) is 0 Å². The van der Waals surface area contributed by atoms with Crippen LogP contribution in [0.3, 0.4) is 0 Å². The number of aliphatic hydroxyl groups is 1. The molecule has 2 aromatic heterocycles. The van der Waals surface area contributed by atoms with Crippen LogP contribution >= 0.6 is 11.3 Å². The number of hydrogen-bond acceptors (Lipinski definition) is 9. The largest absolute Gasteiger partial charge is 0.433 e. The van der Waals surface area contributed by atoms with Crippen molar-refractivity contribution in [3.8, 4) is 0 Å². The zero-order valence-electron chi connectivity index (χ0n) is 26.4. The minimum atomic E-state index is -4.69. The molecule has 6 rings (SSSR count). The lowest BCUT2D eigenvalue weighted by molar-refractivity contribution is -0.141. The maximum Gasteiger partial charge on any atom is 0.433 e. The molecule has 10 nitrogen and oxygen atoms in total. The Bertz CT molecular complexity index is 1850. The van der Waals surface area contributed by atoms with Gasteiger partial charge in [0.05, 0.1) is 20.8 Å². The van der Waals surface area contributed by atoms with E-state index in [0.29, 0.717) is 23.9 Å². The Kier molecular flexibility index (Phi) is 9.25. The van der Waals surface area contributed by atoms with E-state index < -0.39 is 29.4 Å². The number of pyridine rings is 1. The molecule has 2 aliphatic rings. The van der Waals surface area contributed by atoms with Crippen LogP contribution < -0.4 is 16.0 Å². The predicted octanol–water partition coefficient (Wildman–Crippen LogP) is 5.79. The molecule has 48 heavy (non-hydrogen) atoms. The van der Waals surface area contributed by atoms with E-state index in [-0.39, 0.29) is 29.1 Å². The fraction of sp³-hybridized carbons (Fsp3) is 0.382. The summed E-state index contributed by atoms with van der Waals surface area (Å²) in [6.45, 7) is 5.66. The number of nitrogens with zero attached hydrogens (tertiary/aromatic N) is 3. The molecule has 2 aliphatic heterocycles. The van der Waals surface area contributed by atoms with Crippen LogP contribution in [0.15, 0.2) is 54.6 Å². The fourth-order valence-electron chi connectivity index (χ4n) is 6.02. The minimum Gasteiger partial charge on any atom is -0.386 e. The van der Waals surface area contributed by atoms with E-state index in [1.54, 1.807) is 26.0 Å². The number of halogens is 3. The van der Waals surface area contributed by atoms with Gasteiger partial charge in [-0.1, -0.05) is 18.2 Å². The molecule has 4 N–H and O–H groups in total. The number of nitrogens with one attached hydrogen (secondary N) is 3. The van der Waals surface area contributed by atoms with E-state index in [9.17, 15) is 32.7 Å². The van der Waals surface area contributed by atoms with Crippen LogP contribution in [-0.2, 0) is 27.9 Å². The van der Waals surface area contributed by atoms with Crippen molar-refractivity contribution in [2.45, 2.75) is 69.8 Å². The topological polar surface area (TPSA) is 137 Å². The minimum absolute atomic E-state index is 0.233. The summed E-state index contributed by atoms with van der Waals surface area (Å²) in [5.74, 6) is -1.13. The Morgan fingerprint density at radius 1 is 1.04 bits per heavy atom. The van der Waals surface area contributed by atoms with Crippen molar-refractivity contribution in [3.05, 3.63) is 82.1 Å². The van der Waals surface area contributed by atoms with Crippen LogP contribution in [0.2, 0.25) is 0 Å². The smallest absolute Gasteiger partial charge is 0.386 e. The fourth-order valence-corrected chi connectivity index (χ4v) is 7.17. The Hall–Kier alpha value is -4.40. The number of imide groups is 1. The number of piperidine rings is 2. The number of fused-ring (bicyclic) bond motifs is 1. The molecule has 2 aromatic carbocycles. The lowest BCUT2D eigenvalue weighted by atomic mass is 9.95. The highest BCUT2D eigenvalue weighted by atomic mass is 32.1. The molecule has 0 saturated carbocycles. The normalized spacial score (nSPS) is 18.2. The number of aromatic nitrogens is 2. The molecule has 0 aliphatic carbocycles. The molecular weight excluding hydrogens is 645 g/mol. The Labute approximate surface area is 278 Å². The maximum absolute atomic E-state index is 13.2. The van der Waals surface area contributed by atoms with Crippen molar-refractivity contribution in [2.75, 3.05) is 23.7 Å². The van der Waals surface area contributed by atoms with Gasteiger partial charge in [0, 0.05) is 35.8 Å². The van der Waals surface area contributed by atoms with Gasteiger partial charge in [0.15, 0.2) is 0 Å². The lowest BCUT2D eigenvalue weighted by Crippen LogP contribution is -2.47. The number of alkyl halides is 3. The van der Waals surface area contributed by atoms with Gasteiger partial charge in [-0.3, -0.25) is 24.6 Å². The first-order valence-corrected chi connectivity index (χ1v) is 16.5. The number of amides is 3. The van der Waals surface area contributed by atoms with Gasteiger partial charge in [0.2, 0.25) is 11.8 Å². The standard InChI is InChI=1S/C34H35F3N6O4S/c1-33(2,47)22-16-26-27(17-25(22)40-30(45)23-4-3-5-28(39-23)34(35,36)37)48-32(41-26)20-12-14-43(15-13-20)18-19-6-8-21(9-7-19)38-24-10-11-29(44)42-31(24)46/h3-9,16-17,20,24,38,47H,10-15,18H2,1-2H3,(H,40,45)(H,42,44,46). The summed E-state index contributed by atoms with van der Waals surface area (Å²) in [5, 5.41) is 20.1. The zero-order valence-corrected chi connectivity index (χ0v) is 27.2. The monoisotopic (exact) mass is 680 g/mol. The van der Waals surface area contributed by atoms with Gasteiger partial charge in [-0.2, -0.15) is 13.2 Å². The highest BCUT2D eigenvalue weighted by Crippen LogP contribution is 2.39. The highest BCUT2D eigenvalue weighted by Gasteiger charge is 2.33. The Morgan fingerprint density at radius 2 is 1.77 bits per heavy atom. The second kappa shape index (κ2) is 13.2. The van der Waals surface area contributed by atoms with Crippen LogP contribution in [-0.4, -0.2) is 56.8 Å². The number of carbonyl (C=O) groups excluding carboxylic acids is 3. The number of thiazole rings is 1. The summed E-state index contributed by atoms with van der Waals surface area (Å²) < 4.78 is 40.3. The molecule has 0 bridgehead atoms. The molecule has 2 saturated heterocycles. The van der Waals surface area contributed by atoms with Crippen molar-refractivity contribution in [1.82, 2.24) is 20.2 Å². The Balaban J connectivity index is 1.10. The highest BCUT2D eigenvalue weighted by molar-refractivity contribution is 7.18. The summed E-state index contributed by atoms with van der Waals surface area (Å²) in [4.78, 5) is 47.2. The van der Waals surface area contributed by atoms with E-state index in [1.165, 1.54) is 17.4 Å². The van der Waals surface area contributed by atoms with E-state index in [4.69, 9.17) is 4.98 Å². The number of rotatable bonds is 8. The van der Waals surface area contributed by atoms with Gasteiger partial charge in [-0.25, -0.2) is 9.97 Å². The van der Waals surface area contributed by atoms with Crippen LogP contribution in [0.4, 0.5) is 24.5 Å². The SMILES string of the molecule is CC(C)(O)c1cc2nc(C3CCN(Cc4ccc(NC5CCC(=O)NC5=O)cc4)CC3)sc2cc1NC(=O)c1cccc(C(F)(F)F)n1. The number of anilines is 2. The third-order valence-electron chi connectivity index (χ3n) is 8.60. The summed E-state index contributed by atoms with van der Waals surface area (Å²) >= 11 is 1.51. The third kappa shape index (κ3) is 7.66. The molecule has 252 valence electrons. The van der Waals surface area contributed by atoms with E-state index in [2.05, 4.69) is 25.8 Å². The number of hydrogen-bond donors (Lipinski definition) is 4. The lowest BCUT2D eigenvalue weighted by Gasteiger charge is -2.31. The summed E-state index contributed by atoms with van der Waals surface area (Å²) in [6, 6.07) is 14.1. The second-order valence-electron chi connectivity index (χ2n) is 12.7.